The average Bonchev–Trinajstić information content (AvgIpc) is 2.91. The maximum atomic E-state index is 9.43. The number of aryl methyl sites for hydroxylation is 2. The van der Waals surface area contributed by atoms with Crippen LogP contribution >= 0.6 is 0 Å². The SMILES string of the molecule is Cc1ccc2cccc(O)c2n1.Cc1ccc2cccc(O)c2n1.Oc1ccc(-c2ccccc2)cc1.[Ga]. The van der Waals surface area contributed by atoms with Gasteiger partial charge in [0.1, 0.15) is 28.3 Å². The van der Waals surface area contributed by atoms with Crippen LogP contribution in [0.4, 0.5) is 0 Å². The van der Waals surface area contributed by atoms with Crippen molar-refractivity contribution >= 4 is 41.6 Å². The molecule has 6 aromatic rings. The maximum Gasteiger partial charge on any atom is 0.141 e. The van der Waals surface area contributed by atoms with Crippen LogP contribution in [0.1, 0.15) is 11.4 Å². The molecule has 6 rings (SSSR count). The number of benzene rings is 4. The van der Waals surface area contributed by atoms with Crippen LogP contribution in [0, 0.1) is 13.8 Å². The van der Waals surface area contributed by atoms with Crippen LogP contribution in [0.5, 0.6) is 17.2 Å². The molecular formula is C32H28GaN2O3. The second-order valence-electron chi connectivity index (χ2n) is 8.52. The number of phenolic OH excluding ortho intramolecular Hbond substituents is 3. The molecule has 0 aliphatic heterocycles. The number of para-hydroxylation sites is 2. The molecule has 0 fully saturated rings. The molecule has 0 unspecified atom stereocenters. The molecule has 0 bridgehead atoms. The van der Waals surface area contributed by atoms with Crippen molar-refractivity contribution in [1.29, 1.82) is 0 Å². The third-order valence-corrected chi connectivity index (χ3v) is 5.65. The molecule has 3 radical (unpaired) electrons. The third-order valence-electron chi connectivity index (χ3n) is 5.65. The smallest absolute Gasteiger partial charge is 0.141 e. The van der Waals surface area contributed by atoms with E-state index in [1.165, 1.54) is 5.56 Å². The minimum atomic E-state index is 0. The Labute approximate surface area is 235 Å². The number of phenols is 3. The Morgan fingerprint density at radius 2 is 0.895 bits per heavy atom. The minimum Gasteiger partial charge on any atom is -0.508 e. The summed E-state index contributed by atoms with van der Waals surface area (Å²) >= 11 is 0. The molecule has 3 N–H and O–H groups in total. The standard InChI is InChI=1S/C12H10O.2C10H9NO.Ga/c13-12-8-6-11(7-9-12)10-4-2-1-3-5-10;2*1-7-5-6-8-3-2-4-9(12)10(8)11-7;/h1-9,13H;2*2-6,12H,1H3;. The predicted molar refractivity (Wildman–Crippen MR) is 156 cm³/mol. The van der Waals surface area contributed by atoms with E-state index < -0.39 is 0 Å². The molecule has 0 atom stereocenters. The third kappa shape index (κ3) is 7.38. The molecule has 0 spiro atoms. The fraction of sp³-hybridized carbons (Fsp3) is 0.0625. The van der Waals surface area contributed by atoms with Gasteiger partial charge in [0, 0.05) is 42.0 Å². The molecule has 38 heavy (non-hydrogen) atoms. The Morgan fingerprint density at radius 1 is 0.447 bits per heavy atom. The summed E-state index contributed by atoms with van der Waals surface area (Å²) in [4.78, 5) is 8.45. The normalized spacial score (nSPS) is 9.95. The van der Waals surface area contributed by atoms with E-state index in [0.29, 0.717) is 16.8 Å². The van der Waals surface area contributed by atoms with Gasteiger partial charge in [0.05, 0.1) is 0 Å². The molecule has 6 heteroatoms. The van der Waals surface area contributed by atoms with Crippen LogP contribution in [0.3, 0.4) is 0 Å². The topological polar surface area (TPSA) is 86.5 Å². The first-order valence-electron chi connectivity index (χ1n) is 11.9. The zero-order valence-electron chi connectivity index (χ0n) is 21.3. The van der Waals surface area contributed by atoms with Crippen LogP contribution < -0.4 is 0 Å². The molecule has 187 valence electrons. The second kappa shape index (κ2) is 13.3. The van der Waals surface area contributed by atoms with Gasteiger partial charge in [0.15, 0.2) is 0 Å². The Morgan fingerprint density at radius 3 is 1.37 bits per heavy atom. The molecule has 4 aromatic carbocycles. The fourth-order valence-electron chi connectivity index (χ4n) is 3.74. The molecular weight excluding hydrogens is 530 g/mol. The monoisotopic (exact) mass is 557 g/mol. The summed E-state index contributed by atoms with van der Waals surface area (Å²) in [6.45, 7) is 3.82. The van der Waals surface area contributed by atoms with Gasteiger partial charge in [-0.25, -0.2) is 9.97 Å². The number of fused-ring (bicyclic) bond motifs is 2. The summed E-state index contributed by atoms with van der Waals surface area (Å²) < 4.78 is 0. The molecule has 2 heterocycles. The van der Waals surface area contributed by atoms with E-state index >= 15 is 0 Å². The first-order valence-corrected chi connectivity index (χ1v) is 11.9. The predicted octanol–water partition coefficient (Wildman–Crippen LogP) is 7.18. The van der Waals surface area contributed by atoms with Crippen molar-refractivity contribution < 1.29 is 15.3 Å². The van der Waals surface area contributed by atoms with Gasteiger partial charge in [-0.15, -0.1) is 0 Å². The van der Waals surface area contributed by atoms with Crippen molar-refractivity contribution in [3.8, 4) is 28.4 Å². The molecule has 5 nitrogen and oxygen atoms in total. The van der Waals surface area contributed by atoms with E-state index in [-0.39, 0.29) is 31.3 Å². The van der Waals surface area contributed by atoms with Gasteiger partial charge in [-0.3, -0.25) is 0 Å². The quantitative estimate of drug-likeness (QED) is 0.186. The number of hydrogen-bond acceptors (Lipinski definition) is 5. The van der Waals surface area contributed by atoms with Gasteiger partial charge in [-0.05, 0) is 61.4 Å². The van der Waals surface area contributed by atoms with Crippen LogP contribution in [0.15, 0.2) is 115 Å². The molecule has 0 aliphatic rings. The molecule has 2 aromatic heterocycles. The maximum absolute atomic E-state index is 9.43. The first-order chi connectivity index (χ1) is 17.9. The van der Waals surface area contributed by atoms with Crippen LogP contribution in [-0.2, 0) is 0 Å². The number of nitrogens with zero attached hydrogens (tertiary/aromatic N) is 2. The molecule has 0 saturated carbocycles. The van der Waals surface area contributed by atoms with Gasteiger partial charge in [0.2, 0.25) is 0 Å². The van der Waals surface area contributed by atoms with E-state index in [1.807, 2.05) is 105 Å². The summed E-state index contributed by atoms with van der Waals surface area (Å²) in [6, 6.07) is 35.9. The fourth-order valence-corrected chi connectivity index (χ4v) is 3.74. The van der Waals surface area contributed by atoms with Gasteiger partial charge in [-0.1, -0.05) is 78.9 Å². The van der Waals surface area contributed by atoms with Gasteiger partial charge in [-0.2, -0.15) is 0 Å². The zero-order chi connectivity index (χ0) is 26.2. The van der Waals surface area contributed by atoms with Crippen molar-refractivity contribution in [2.75, 3.05) is 0 Å². The van der Waals surface area contributed by atoms with Crippen molar-refractivity contribution in [1.82, 2.24) is 9.97 Å². The summed E-state index contributed by atoms with van der Waals surface area (Å²) in [5, 5.41) is 29.9. The number of rotatable bonds is 1. The van der Waals surface area contributed by atoms with E-state index in [9.17, 15) is 10.2 Å². The van der Waals surface area contributed by atoms with Gasteiger partial charge < -0.3 is 15.3 Å². The summed E-state index contributed by atoms with van der Waals surface area (Å²) in [6.07, 6.45) is 0. The van der Waals surface area contributed by atoms with Crippen molar-refractivity contribution in [2.45, 2.75) is 13.8 Å². The second-order valence-corrected chi connectivity index (χ2v) is 8.52. The Hall–Kier alpha value is -4.26. The van der Waals surface area contributed by atoms with Gasteiger partial charge >= 0.3 is 0 Å². The summed E-state index contributed by atoms with van der Waals surface area (Å²) in [7, 11) is 0. The average molecular weight is 558 g/mol. The summed E-state index contributed by atoms with van der Waals surface area (Å²) in [5.41, 5.74) is 5.49. The van der Waals surface area contributed by atoms with Crippen LogP contribution in [0.2, 0.25) is 0 Å². The van der Waals surface area contributed by atoms with Crippen LogP contribution in [-0.4, -0.2) is 45.1 Å². The minimum absolute atomic E-state index is 0. The van der Waals surface area contributed by atoms with E-state index in [0.717, 1.165) is 27.7 Å². The molecule has 0 aliphatic carbocycles. The Balaban J connectivity index is 0.000000156. The number of hydrogen-bond donors (Lipinski definition) is 3. The number of aromatic hydroxyl groups is 3. The van der Waals surface area contributed by atoms with Crippen LogP contribution in [0.25, 0.3) is 32.9 Å². The molecule has 0 saturated heterocycles. The largest absolute Gasteiger partial charge is 0.508 e. The Bertz CT molecular complexity index is 1540. The molecule has 0 amide bonds. The summed E-state index contributed by atoms with van der Waals surface area (Å²) in [5.74, 6) is 0.798. The van der Waals surface area contributed by atoms with Crippen molar-refractivity contribution in [3.05, 3.63) is 127 Å². The number of aromatic nitrogens is 2. The van der Waals surface area contributed by atoms with E-state index in [2.05, 4.69) is 9.97 Å². The first kappa shape index (κ1) is 28.3. The zero-order valence-corrected chi connectivity index (χ0v) is 23.7. The van der Waals surface area contributed by atoms with Crippen molar-refractivity contribution in [3.63, 3.8) is 0 Å². The van der Waals surface area contributed by atoms with Crippen molar-refractivity contribution in [2.24, 2.45) is 0 Å². The van der Waals surface area contributed by atoms with Gasteiger partial charge in [0.25, 0.3) is 0 Å². The van der Waals surface area contributed by atoms with E-state index in [4.69, 9.17) is 5.11 Å². The Kier molecular flexibility index (Phi) is 9.93. The van der Waals surface area contributed by atoms with E-state index in [1.54, 1.807) is 24.3 Å². The number of pyridine rings is 2.